The van der Waals surface area contributed by atoms with E-state index in [1.165, 1.54) is 25.7 Å². The minimum Gasteiger partial charge on any atom is -0.382 e. The third kappa shape index (κ3) is 3.49. The molecule has 0 radical (unpaired) electrons. The predicted octanol–water partition coefficient (Wildman–Crippen LogP) is 4.70. The van der Waals surface area contributed by atoms with Gasteiger partial charge in [0.2, 0.25) is 0 Å². The fourth-order valence-corrected chi connectivity index (χ4v) is 3.01. The Morgan fingerprint density at radius 3 is 2.56 bits per heavy atom. The topological polar surface area (TPSA) is 35.8 Å². The molecule has 0 bridgehead atoms. The number of nitrogens with zero attached hydrogens (tertiary/aromatic N) is 1. The first-order valence-corrected chi connectivity index (χ1v) is 7.25. The third-order valence-corrected chi connectivity index (χ3v) is 4.19. The van der Waals surface area contributed by atoms with Crippen molar-refractivity contribution in [3.05, 3.63) is 28.2 Å². The van der Waals surface area contributed by atoms with E-state index in [-0.39, 0.29) is 0 Å². The van der Waals surface area contributed by atoms with E-state index in [0.29, 0.717) is 17.0 Å². The summed E-state index contributed by atoms with van der Waals surface area (Å²) in [6, 6.07) is 8.53. The molecule has 0 aromatic heterocycles. The lowest BCUT2D eigenvalue weighted by Gasteiger charge is -2.35. The quantitative estimate of drug-likeness (QED) is 0.859. The van der Waals surface area contributed by atoms with Crippen LogP contribution in [0.1, 0.15) is 45.1 Å². The van der Waals surface area contributed by atoms with Gasteiger partial charge in [-0.15, -0.1) is 0 Å². The second-order valence-corrected chi connectivity index (χ2v) is 6.84. The van der Waals surface area contributed by atoms with Gasteiger partial charge in [-0.3, -0.25) is 0 Å². The van der Waals surface area contributed by atoms with E-state index in [9.17, 15) is 0 Å². The van der Waals surface area contributed by atoms with Crippen LogP contribution in [0, 0.1) is 16.7 Å². The van der Waals surface area contributed by atoms with Gasteiger partial charge in [0.25, 0.3) is 0 Å². The number of benzene rings is 1. The molecule has 0 amide bonds. The van der Waals surface area contributed by atoms with Crippen LogP contribution in [-0.4, -0.2) is 6.04 Å². The Morgan fingerprint density at radius 1 is 1.28 bits per heavy atom. The van der Waals surface area contributed by atoms with E-state index in [2.05, 4.69) is 41.2 Å². The molecule has 1 fully saturated rings. The SMILES string of the molecule is CC1(C)CCC(Nc2cc(Br)cc(C#N)c2)CC1. The molecular weight excluding hydrogens is 288 g/mol. The fourth-order valence-electron chi connectivity index (χ4n) is 2.52. The molecule has 18 heavy (non-hydrogen) atoms. The molecular formula is C15H19BrN2. The van der Waals surface area contributed by atoms with Crippen molar-refractivity contribution in [2.45, 2.75) is 45.6 Å². The highest BCUT2D eigenvalue weighted by Crippen LogP contribution is 2.36. The summed E-state index contributed by atoms with van der Waals surface area (Å²) in [5.74, 6) is 0. The highest BCUT2D eigenvalue weighted by Gasteiger charge is 2.26. The van der Waals surface area contributed by atoms with Gasteiger partial charge in [0.1, 0.15) is 0 Å². The van der Waals surface area contributed by atoms with Crippen molar-refractivity contribution in [1.29, 1.82) is 5.26 Å². The number of hydrogen-bond donors (Lipinski definition) is 1. The maximum Gasteiger partial charge on any atom is 0.0992 e. The van der Waals surface area contributed by atoms with Crippen LogP contribution < -0.4 is 5.32 Å². The van der Waals surface area contributed by atoms with Crippen LogP contribution in [0.3, 0.4) is 0 Å². The molecule has 96 valence electrons. The molecule has 0 atom stereocenters. The number of nitriles is 1. The maximum atomic E-state index is 8.96. The Hall–Kier alpha value is -1.01. The van der Waals surface area contributed by atoms with E-state index in [0.717, 1.165) is 10.2 Å². The van der Waals surface area contributed by atoms with Crippen LogP contribution in [-0.2, 0) is 0 Å². The van der Waals surface area contributed by atoms with Crippen LogP contribution in [0.5, 0.6) is 0 Å². The van der Waals surface area contributed by atoms with Crippen molar-refractivity contribution in [2.24, 2.45) is 5.41 Å². The molecule has 1 aromatic carbocycles. The first-order chi connectivity index (χ1) is 8.48. The first-order valence-electron chi connectivity index (χ1n) is 6.46. The van der Waals surface area contributed by atoms with Crippen molar-refractivity contribution in [2.75, 3.05) is 5.32 Å². The third-order valence-electron chi connectivity index (χ3n) is 3.74. The van der Waals surface area contributed by atoms with E-state index in [1.807, 2.05) is 18.2 Å². The maximum absolute atomic E-state index is 8.96. The van der Waals surface area contributed by atoms with E-state index in [4.69, 9.17) is 5.26 Å². The second-order valence-electron chi connectivity index (χ2n) is 5.92. The molecule has 0 spiro atoms. The minimum atomic E-state index is 0.493. The predicted molar refractivity (Wildman–Crippen MR) is 78.5 cm³/mol. The molecule has 0 aliphatic heterocycles. The summed E-state index contributed by atoms with van der Waals surface area (Å²) >= 11 is 3.45. The zero-order valence-electron chi connectivity index (χ0n) is 11.0. The Kier molecular flexibility index (Phi) is 3.97. The van der Waals surface area contributed by atoms with Gasteiger partial charge in [-0.05, 0) is 49.3 Å². The van der Waals surface area contributed by atoms with Crippen LogP contribution in [0.25, 0.3) is 0 Å². The zero-order valence-corrected chi connectivity index (χ0v) is 12.5. The number of rotatable bonds is 2. The van der Waals surface area contributed by atoms with Crippen molar-refractivity contribution < 1.29 is 0 Å². The lowest BCUT2D eigenvalue weighted by Crippen LogP contribution is -2.29. The first kappa shape index (κ1) is 13.4. The lowest BCUT2D eigenvalue weighted by atomic mass is 9.75. The molecule has 1 saturated carbocycles. The van der Waals surface area contributed by atoms with Crippen LogP contribution in [0.15, 0.2) is 22.7 Å². The standard InChI is InChI=1S/C15H19BrN2/c1-15(2)5-3-13(4-6-15)18-14-8-11(10-17)7-12(16)9-14/h7-9,13,18H,3-6H2,1-2H3. The highest BCUT2D eigenvalue weighted by atomic mass is 79.9. The average molecular weight is 307 g/mol. The summed E-state index contributed by atoms with van der Waals surface area (Å²) in [5, 5.41) is 12.5. The molecule has 1 aliphatic carbocycles. The molecule has 1 N–H and O–H groups in total. The molecule has 1 aromatic rings. The number of halogens is 1. The monoisotopic (exact) mass is 306 g/mol. The number of nitrogens with one attached hydrogen (secondary N) is 1. The average Bonchev–Trinajstić information content (AvgIpc) is 2.31. The van der Waals surface area contributed by atoms with Crippen LogP contribution in [0.4, 0.5) is 5.69 Å². The molecule has 0 unspecified atom stereocenters. The summed E-state index contributed by atoms with van der Waals surface area (Å²) in [4.78, 5) is 0. The van der Waals surface area contributed by atoms with Gasteiger partial charge in [-0.1, -0.05) is 29.8 Å². The summed E-state index contributed by atoms with van der Waals surface area (Å²) < 4.78 is 0.959. The van der Waals surface area contributed by atoms with Gasteiger partial charge in [0.05, 0.1) is 11.6 Å². The molecule has 0 heterocycles. The van der Waals surface area contributed by atoms with Gasteiger partial charge in [-0.25, -0.2) is 0 Å². The van der Waals surface area contributed by atoms with Gasteiger partial charge in [0.15, 0.2) is 0 Å². The minimum absolute atomic E-state index is 0.493. The van der Waals surface area contributed by atoms with Crippen molar-refractivity contribution in [1.82, 2.24) is 0 Å². The molecule has 0 saturated heterocycles. The van der Waals surface area contributed by atoms with Crippen LogP contribution >= 0.6 is 15.9 Å². The second kappa shape index (κ2) is 5.32. The fraction of sp³-hybridized carbons (Fsp3) is 0.533. The molecule has 3 heteroatoms. The Balaban J connectivity index is 2.02. The van der Waals surface area contributed by atoms with Gasteiger partial charge in [-0.2, -0.15) is 5.26 Å². The number of anilines is 1. The summed E-state index contributed by atoms with van der Waals surface area (Å²) in [7, 11) is 0. The smallest absolute Gasteiger partial charge is 0.0992 e. The molecule has 2 nitrogen and oxygen atoms in total. The summed E-state index contributed by atoms with van der Waals surface area (Å²) in [6.45, 7) is 4.69. The Bertz CT molecular complexity index is 464. The summed E-state index contributed by atoms with van der Waals surface area (Å²) in [5.41, 5.74) is 2.24. The largest absolute Gasteiger partial charge is 0.382 e. The highest BCUT2D eigenvalue weighted by molar-refractivity contribution is 9.10. The summed E-state index contributed by atoms with van der Waals surface area (Å²) in [6.07, 6.45) is 4.95. The van der Waals surface area contributed by atoms with E-state index in [1.54, 1.807) is 0 Å². The van der Waals surface area contributed by atoms with Gasteiger partial charge in [0, 0.05) is 16.2 Å². The van der Waals surface area contributed by atoms with E-state index >= 15 is 0 Å². The lowest BCUT2D eigenvalue weighted by molar-refractivity contribution is 0.232. The van der Waals surface area contributed by atoms with E-state index < -0.39 is 0 Å². The molecule has 1 aliphatic rings. The Morgan fingerprint density at radius 2 is 1.94 bits per heavy atom. The van der Waals surface area contributed by atoms with Crippen molar-refractivity contribution >= 4 is 21.6 Å². The molecule has 2 rings (SSSR count). The zero-order chi connectivity index (χ0) is 13.2. The van der Waals surface area contributed by atoms with Crippen molar-refractivity contribution in [3.8, 4) is 6.07 Å². The number of hydrogen-bond acceptors (Lipinski definition) is 2. The van der Waals surface area contributed by atoms with Gasteiger partial charge < -0.3 is 5.32 Å². The van der Waals surface area contributed by atoms with Crippen LogP contribution in [0.2, 0.25) is 0 Å². The van der Waals surface area contributed by atoms with Crippen molar-refractivity contribution in [3.63, 3.8) is 0 Å². The Labute approximate surface area is 118 Å². The normalized spacial score (nSPS) is 19.2. The van der Waals surface area contributed by atoms with Gasteiger partial charge >= 0.3 is 0 Å².